The monoisotopic (exact) mass is 819 g/mol. The summed E-state index contributed by atoms with van der Waals surface area (Å²) in [5, 5.41) is 28.9. The van der Waals surface area contributed by atoms with Crippen LogP contribution in [-0.4, -0.2) is 150 Å². The molecule has 12 nitrogen and oxygen atoms in total. The molecule has 0 fully saturated rings. The molecule has 0 aliphatic heterocycles. The normalized spacial score (nSPS) is 12.5. The maximum atomic E-state index is 10.1. The van der Waals surface area contributed by atoms with Gasteiger partial charge in [-0.1, -0.05) is 0 Å². The summed E-state index contributed by atoms with van der Waals surface area (Å²) in [4.78, 5) is 40.0. The van der Waals surface area contributed by atoms with Crippen molar-refractivity contribution in [1.82, 2.24) is 0 Å². The SMILES string of the molecule is C[Se]CCC(N)C(=O)O.C[Se]CCC(N)C(=O)O.C[Se]CCC(N)C(=O)O.NC([C-]=O)CC[Se][Na].[Na+].[OH-]. The molecule has 0 heterocycles. The third-order valence-electron chi connectivity index (χ3n) is 3.63. The molecular formula is C19H41N4Na2O8Se4-. The molecule has 12 N–H and O–H groups in total. The molecule has 4 unspecified atom stereocenters. The largest absolute Gasteiger partial charge is 1.00 e. The quantitative estimate of drug-likeness (QED) is 0.0577. The number of hydrogen-bond donors (Lipinski definition) is 7. The standard InChI is InChI=1S/3C5H11NO2Se.C4H8NOSe.2Na.H2O/c3*1-9-3-2-4(6)5(7)8;5-4(3-6)1-2-7;;;/h3*4H,2-3,6H2,1H3,(H,7,8);4,7H,1-2,5H2;;;1H2/q;;;-1;2*+1;/p-2. The number of carbonyl (C=O) groups excluding carboxylic acids is 1. The van der Waals surface area contributed by atoms with Gasteiger partial charge in [-0.15, -0.1) is 0 Å². The molecule has 0 aromatic carbocycles. The number of hydrogen-bond acceptors (Lipinski definition) is 9. The molecule has 212 valence electrons. The Kier molecular flexibility index (Phi) is 56.0. The van der Waals surface area contributed by atoms with Crippen molar-refractivity contribution in [3.8, 4) is 0 Å². The molecule has 0 saturated carbocycles. The zero-order valence-corrected chi connectivity index (χ0v) is 33.2. The van der Waals surface area contributed by atoms with Crippen LogP contribution in [0.4, 0.5) is 0 Å². The first-order chi connectivity index (χ1) is 16.4. The van der Waals surface area contributed by atoms with E-state index in [-0.39, 0.29) is 41.1 Å². The van der Waals surface area contributed by atoms with Crippen LogP contribution < -0.4 is 52.5 Å². The van der Waals surface area contributed by atoms with Crippen LogP contribution in [0.3, 0.4) is 0 Å². The van der Waals surface area contributed by atoms with Gasteiger partial charge in [0.25, 0.3) is 0 Å². The van der Waals surface area contributed by atoms with Crippen molar-refractivity contribution in [2.24, 2.45) is 22.9 Å². The Labute approximate surface area is 282 Å². The molecule has 0 radical (unpaired) electrons. The first-order valence-electron chi connectivity index (χ1n) is 10.4. The summed E-state index contributed by atoms with van der Waals surface area (Å²) in [6, 6.07) is -2.25. The van der Waals surface area contributed by atoms with Gasteiger partial charge < -0.3 is 5.48 Å². The predicted octanol–water partition coefficient (Wildman–Crippen LogP) is -4.28. The van der Waals surface area contributed by atoms with E-state index in [1.54, 1.807) is 6.29 Å². The molecule has 0 rings (SSSR count). The maximum absolute atomic E-state index is 10.1. The van der Waals surface area contributed by atoms with Crippen LogP contribution in [-0.2, 0) is 19.2 Å². The fourth-order valence-electron chi connectivity index (χ4n) is 1.41. The summed E-state index contributed by atoms with van der Waals surface area (Å²) >= 11 is 2.92. The van der Waals surface area contributed by atoms with Crippen LogP contribution in [0.25, 0.3) is 0 Å². The van der Waals surface area contributed by atoms with E-state index in [1.807, 2.05) is 0 Å². The Hall–Kier alpha value is 1.96. The van der Waals surface area contributed by atoms with Gasteiger partial charge in [0.05, 0.1) is 0 Å². The fraction of sp³-hybridized carbons (Fsp3) is 0.789. The Morgan fingerprint density at radius 3 is 1.14 bits per heavy atom. The van der Waals surface area contributed by atoms with Crippen molar-refractivity contribution < 1.29 is 69.5 Å². The van der Waals surface area contributed by atoms with Crippen molar-refractivity contribution >= 4 is 105 Å². The summed E-state index contributed by atoms with van der Waals surface area (Å²) < 4.78 is 0. The number of nitrogens with two attached hydrogens (primary N) is 4. The third-order valence-corrected chi connectivity index (χ3v) is 11.2. The number of carboxylic acid groups (broad SMARTS) is 3. The molecule has 18 heteroatoms. The van der Waals surface area contributed by atoms with Gasteiger partial charge in [-0.2, -0.15) is 0 Å². The van der Waals surface area contributed by atoms with Gasteiger partial charge >= 0.3 is 281 Å². The van der Waals surface area contributed by atoms with Gasteiger partial charge in [-0.25, -0.2) is 0 Å². The van der Waals surface area contributed by atoms with E-state index in [0.717, 1.165) is 38.2 Å². The number of rotatable bonds is 16. The van der Waals surface area contributed by atoms with Crippen molar-refractivity contribution in [3.05, 3.63) is 0 Å². The molecular weight excluding hydrogens is 774 g/mol. The summed E-state index contributed by atoms with van der Waals surface area (Å²) in [5.74, 6) is 3.54. The van der Waals surface area contributed by atoms with Crippen LogP contribution in [0.15, 0.2) is 0 Å². The maximum Gasteiger partial charge on any atom is 1.00 e. The van der Waals surface area contributed by atoms with E-state index in [0.29, 0.717) is 64.1 Å². The minimum Gasteiger partial charge on any atom is -0.870 e. The van der Waals surface area contributed by atoms with E-state index in [1.165, 1.54) is 25.4 Å². The van der Waals surface area contributed by atoms with Gasteiger partial charge in [0.2, 0.25) is 0 Å². The van der Waals surface area contributed by atoms with Crippen LogP contribution >= 0.6 is 0 Å². The molecule has 0 saturated heterocycles. The Morgan fingerprint density at radius 1 is 0.703 bits per heavy atom. The molecule has 0 amide bonds. The second kappa shape index (κ2) is 40.1. The van der Waals surface area contributed by atoms with Gasteiger partial charge in [0, 0.05) is 0 Å². The molecule has 0 aliphatic carbocycles. The number of aliphatic carboxylic acids is 3. The molecule has 0 aromatic heterocycles. The summed E-state index contributed by atoms with van der Waals surface area (Å²) in [5.41, 5.74) is 20.9. The van der Waals surface area contributed by atoms with Gasteiger partial charge in [0.1, 0.15) is 0 Å². The smallest absolute Gasteiger partial charge is 0.870 e. The van der Waals surface area contributed by atoms with E-state index in [9.17, 15) is 19.2 Å². The first-order valence-corrected chi connectivity index (χ1v) is 26.3. The molecule has 37 heavy (non-hydrogen) atoms. The number of carboxylic acids is 3. The van der Waals surface area contributed by atoms with Gasteiger partial charge in [-0.05, 0) is 0 Å². The average molecular weight is 815 g/mol. The molecule has 0 spiro atoms. The molecule has 4 atom stereocenters. The van der Waals surface area contributed by atoms with Crippen molar-refractivity contribution in [2.75, 3.05) is 0 Å². The number of carbonyl (C=O) groups is 3. The summed E-state index contributed by atoms with van der Waals surface area (Å²) in [6.45, 7) is 0. The minimum absolute atomic E-state index is 0. The van der Waals surface area contributed by atoms with Gasteiger partial charge in [0.15, 0.2) is 0 Å². The zero-order valence-electron chi connectivity index (χ0n) is 22.3. The van der Waals surface area contributed by atoms with E-state index < -0.39 is 36.0 Å². The zero-order chi connectivity index (χ0) is 28.2. The van der Waals surface area contributed by atoms with Crippen LogP contribution in [0.1, 0.15) is 25.7 Å². The average Bonchev–Trinajstić information content (AvgIpc) is 2.83. The molecule has 0 bridgehead atoms. The van der Waals surface area contributed by atoms with Crippen molar-refractivity contribution in [2.45, 2.75) is 88.6 Å². The van der Waals surface area contributed by atoms with Crippen molar-refractivity contribution in [3.63, 3.8) is 0 Å². The Bertz CT molecular complexity index is 493. The Morgan fingerprint density at radius 2 is 0.973 bits per heavy atom. The Balaban J connectivity index is -0.0000000851. The third kappa shape index (κ3) is 48.1. The van der Waals surface area contributed by atoms with E-state index in [2.05, 4.69) is 17.5 Å². The second-order valence-electron chi connectivity index (χ2n) is 6.68. The predicted molar refractivity (Wildman–Crippen MR) is 146 cm³/mol. The molecule has 0 aliphatic rings. The fourth-order valence-corrected chi connectivity index (χ4v) is 6.74. The van der Waals surface area contributed by atoms with Crippen molar-refractivity contribution in [1.29, 1.82) is 0 Å². The van der Waals surface area contributed by atoms with E-state index in [4.69, 9.17) is 38.3 Å². The summed E-state index contributed by atoms with van der Waals surface area (Å²) in [7, 11) is 0.786. The second-order valence-corrected chi connectivity index (χ2v) is 18.0. The van der Waals surface area contributed by atoms with Crippen LogP contribution in [0.2, 0.25) is 38.7 Å². The first kappa shape index (κ1) is 51.7. The van der Waals surface area contributed by atoms with Crippen LogP contribution in [0.5, 0.6) is 0 Å². The van der Waals surface area contributed by atoms with Crippen LogP contribution in [0, 0.1) is 0 Å². The topological polar surface area (TPSA) is 263 Å². The van der Waals surface area contributed by atoms with Gasteiger partial charge in [-0.3, -0.25) is 0 Å². The summed E-state index contributed by atoms with van der Waals surface area (Å²) in [6.07, 6.45) is 4.44. The molecule has 0 aromatic rings. The minimum atomic E-state index is -0.890. The van der Waals surface area contributed by atoms with E-state index >= 15 is 0 Å².